The first-order valence-electron chi connectivity index (χ1n) is 8.75. The maximum Gasteiger partial charge on any atom is 0.251 e. The first-order valence-corrected chi connectivity index (χ1v) is 8.75. The first-order chi connectivity index (χ1) is 13.6. The highest BCUT2D eigenvalue weighted by atomic mass is 16.5. The summed E-state index contributed by atoms with van der Waals surface area (Å²) < 4.78 is 7.03. The minimum atomic E-state index is -0.219. The van der Waals surface area contributed by atoms with Gasteiger partial charge in [0.2, 0.25) is 11.7 Å². The molecule has 3 aromatic heterocycles. The third-order valence-corrected chi connectivity index (χ3v) is 4.19. The lowest BCUT2D eigenvalue weighted by Gasteiger charge is -2.06. The number of hydrogen-bond acceptors (Lipinski definition) is 6. The number of nitrogens with one attached hydrogen (secondary N) is 1. The van der Waals surface area contributed by atoms with Crippen LogP contribution in [0.2, 0.25) is 0 Å². The molecule has 0 bridgehead atoms. The Labute approximate surface area is 161 Å². The number of aryl methyl sites for hydroxylation is 2. The monoisotopic (exact) mass is 374 g/mol. The summed E-state index contributed by atoms with van der Waals surface area (Å²) in [6.07, 6.45) is 3.31. The maximum absolute atomic E-state index is 12.4. The summed E-state index contributed by atoms with van der Waals surface area (Å²) in [5.41, 5.74) is 4.23. The Kier molecular flexibility index (Phi) is 4.67. The molecule has 3 heterocycles. The molecule has 0 saturated carbocycles. The van der Waals surface area contributed by atoms with Crippen molar-refractivity contribution in [2.45, 2.75) is 20.4 Å². The summed E-state index contributed by atoms with van der Waals surface area (Å²) in [6.45, 7) is 4.09. The van der Waals surface area contributed by atoms with Gasteiger partial charge in [0.25, 0.3) is 5.91 Å². The van der Waals surface area contributed by atoms with Crippen LogP contribution in [0.15, 0.2) is 59.4 Å². The van der Waals surface area contributed by atoms with E-state index in [1.165, 1.54) is 0 Å². The Morgan fingerprint density at radius 2 is 1.86 bits per heavy atom. The van der Waals surface area contributed by atoms with Gasteiger partial charge in [-0.2, -0.15) is 10.1 Å². The van der Waals surface area contributed by atoms with Crippen molar-refractivity contribution in [1.82, 2.24) is 30.2 Å². The fourth-order valence-corrected chi connectivity index (χ4v) is 2.85. The number of carbonyl (C=O) groups is 1. The molecule has 1 N–H and O–H groups in total. The molecule has 0 fully saturated rings. The molecule has 0 radical (unpaired) electrons. The molecule has 0 unspecified atom stereocenters. The Hall–Kier alpha value is -3.81. The van der Waals surface area contributed by atoms with Gasteiger partial charge in [-0.05, 0) is 56.3 Å². The first kappa shape index (κ1) is 17.6. The van der Waals surface area contributed by atoms with Gasteiger partial charge in [0.15, 0.2) is 0 Å². The lowest BCUT2D eigenvalue weighted by molar-refractivity contribution is 0.0946. The molecular formula is C20H18N6O2. The Bertz CT molecular complexity index is 1100. The molecule has 1 aromatic carbocycles. The van der Waals surface area contributed by atoms with Crippen molar-refractivity contribution >= 4 is 5.91 Å². The molecule has 0 aliphatic rings. The fraction of sp³-hybridized carbons (Fsp3) is 0.150. The Balaban J connectivity index is 1.40. The van der Waals surface area contributed by atoms with E-state index >= 15 is 0 Å². The van der Waals surface area contributed by atoms with Crippen LogP contribution in [0.5, 0.6) is 0 Å². The number of amides is 1. The van der Waals surface area contributed by atoms with Gasteiger partial charge in [-0.25, -0.2) is 4.68 Å². The van der Waals surface area contributed by atoms with Gasteiger partial charge in [-0.3, -0.25) is 9.78 Å². The topological polar surface area (TPSA) is 98.7 Å². The zero-order valence-corrected chi connectivity index (χ0v) is 15.5. The van der Waals surface area contributed by atoms with Gasteiger partial charge in [0.1, 0.15) is 0 Å². The maximum atomic E-state index is 12.4. The zero-order chi connectivity index (χ0) is 19.5. The largest absolute Gasteiger partial charge is 0.343 e. The van der Waals surface area contributed by atoms with Crippen molar-refractivity contribution in [3.63, 3.8) is 0 Å². The van der Waals surface area contributed by atoms with E-state index < -0.39 is 0 Å². The summed E-state index contributed by atoms with van der Waals surface area (Å²) >= 11 is 0. The number of benzene rings is 1. The van der Waals surface area contributed by atoms with Crippen LogP contribution < -0.4 is 5.32 Å². The van der Waals surface area contributed by atoms with Gasteiger partial charge >= 0.3 is 0 Å². The number of nitrogens with zero attached hydrogens (tertiary/aromatic N) is 5. The van der Waals surface area contributed by atoms with Crippen molar-refractivity contribution < 1.29 is 9.32 Å². The van der Waals surface area contributed by atoms with Gasteiger partial charge in [-0.15, -0.1) is 0 Å². The summed E-state index contributed by atoms with van der Waals surface area (Å²) in [5.74, 6) is 0.573. The Morgan fingerprint density at radius 1 is 1.11 bits per heavy atom. The van der Waals surface area contributed by atoms with Crippen LogP contribution in [-0.2, 0) is 6.54 Å². The quantitative estimate of drug-likeness (QED) is 0.577. The number of rotatable bonds is 5. The predicted molar refractivity (Wildman–Crippen MR) is 102 cm³/mol. The van der Waals surface area contributed by atoms with E-state index in [1.54, 1.807) is 36.7 Å². The second kappa shape index (κ2) is 7.43. The number of pyridine rings is 1. The highest BCUT2D eigenvalue weighted by Gasteiger charge is 2.11. The molecule has 140 valence electrons. The Morgan fingerprint density at radius 3 is 2.54 bits per heavy atom. The van der Waals surface area contributed by atoms with Crippen LogP contribution in [-0.4, -0.2) is 30.8 Å². The summed E-state index contributed by atoms with van der Waals surface area (Å²) in [5, 5.41) is 11.1. The molecule has 1 amide bonds. The molecule has 0 aliphatic carbocycles. The molecule has 0 aliphatic heterocycles. The lowest BCUT2D eigenvalue weighted by Crippen LogP contribution is -2.22. The standard InChI is InChI=1S/C20H18N6O2/c1-13-11-14(2)26(24-13)17-5-3-16(4-6-17)20(27)22-12-18-23-19(25-28-18)15-7-9-21-10-8-15/h3-11H,12H2,1-2H3,(H,22,27). The molecule has 4 aromatic rings. The number of hydrogen-bond donors (Lipinski definition) is 1. The lowest BCUT2D eigenvalue weighted by atomic mass is 10.2. The van der Waals surface area contributed by atoms with E-state index in [2.05, 4.69) is 25.5 Å². The van der Waals surface area contributed by atoms with E-state index in [9.17, 15) is 4.79 Å². The van der Waals surface area contributed by atoms with E-state index in [0.717, 1.165) is 22.6 Å². The van der Waals surface area contributed by atoms with Crippen molar-refractivity contribution in [1.29, 1.82) is 0 Å². The normalized spacial score (nSPS) is 10.8. The van der Waals surface area contributed by atoms with Gasteiger partial charge in [-0.1, -0.05) is 5.16 Å². The minimum absolute atomic E-state index is 0.149. The third-order valence-electron chi connectivity index (χ3n) is 4.19. The molecular weight excluding hydrogens is 356 g/mol. The second-order valence-corrected chi connectivity index (χ2v) is 6.32. The van der Waals surface area contributed by atoms with Gasteiger partial charge < -0.3 is 9.84 Å². The highest BCUT2D eigenvalue weighted by molar-refractivity contribution is 5.94. The molecule has 8 nitrogen and oxygen atoms in total. The van der Waals surface area contributed by atoms with E-state index in [1.807, 2.05) is 36.7 Å². The van der Waals surface area contributed by atoms with Crippen LogP contribution >= 0.6 is 0 Å². The zero-order valence-electron chi connectivity index (χ0n) is 15.5. The van der Waals surface area contributed by atoms with Gasteiger partial charge in [0, 0.05) is 29.2 Å². The second-order valence-electron chi connectivity index (χ2n) is 6.32. The highest BCUT2D eigenvalue weighted by Crippen LogP contribution is 2.15. The van der Waals surface area contributed by atoms with Gasteiger partial charge in [0.05, 0.1) is 17.9 Å². The van der Waals surface area contributed by atoms with Crippen molar-refractivity contribution in [2.24, 2.45) is 0 Å². The number of aromatic nitrogens is 5. The van der Waals surface area contributed by atoms with Crippen molar-refractivity contribution in [3.8, 4) is 17.1 Å². The number of carbonyl (C=O) groups excluding carboxylic acids is 1. The van der Waals surface area contributed by atoms with Crippen LogP contribution in [0.1, 0.15) is 27.6 Å². The van der Waals surface area contributed by atoms with Crippen molar-refractivity contribution in [2.75, 3.05) is 0 Å². The summed E-state index contributed by atoms with van der Waals surface area (Å²) in [6, 6.07) is 12.8. The average molecular weight is 374 g/mol. The van der Waals surface area contributed by atoms with E-state index in [4.69, 9.17) is 4.52 Å². The summed E-state index contributed by atoms with van der Waals surface area (Å²) in [4.78, 5) is 20.6. The third kappa shape index (κ3) is 3.66. The smallest absolute Gasteiger partial charge is 0.251 e. The van der Waals surface area contributed by atoms with Crippen LogP contribution in [0.4, 0.5) is 0 Å². The average Bonchev–Trinajstić information content (AvgIpc) is 3.33. The fourth-order valence-electron chi connectivity index (χ4n) is 2.85. The molecule has 28 heavy (non-hydrogen) atoms. The van der Waals surface area contributed by atoms with Crippen LogP contribution in [0.25, 0.3) is 17.1 Å². The molecule has 0 saturated heterocycles. The SMILES string of the molecule is Cc1cc(C)n(-c2ccc(C(=O)NCc3nc(-c4ccncc4)no3)cc2)n1. The molecule has 0 spiro atoms. The minimum Gasteiger partial charge on any atom is -0.343 e. The molecule has 0 atom stereocenters. The van der Waals surface area contributed by atoms with Crippen molar-refractivity contribution in [3.05, 3.63) is 77.7 Å². The molecule has 4 rings (SSSR count). The van der Waals surface area contributed by atoms with E-state index in [0.29, 0.717) is 17.3 Å². The van der Waals surface area contributed by atoms with Crippen LogP contribution in [0, 0.1) is 13.8 Å². The molecule has 8 heteroatoms. The van der Waals surface area contributed by atoms with Crippen LogP contribution in [0.3, 0.4) is 0 Å². The summed E-state index contributed by atoms with van der Waals surface area (Å²) in [7, 11) is 0. The predicted octanol–water partition coefficient (Wildman–Crippen LogP) is 2.86. The van der Waals surface area contributed by atoms with E-state index in [-0.39, 0.29) is 12.5 Å².